The molecule has 7 heavy (non-hydrogen) atoms. The van der Waals surface area contributed by atoms with Crippen LogP contribution in [0.15, 0.2) is 12.0 Å². The van der Waals surface area contributed by atoms with Crippen molar-refractivity contribution in [2.75, 3.05) is 6.73 Å². The summed E-state index contributed by atoms with van der Waals surface area (Å²) in [5.74, 6) is 0. The van der Waals surface area contributed by atoms with Gasteiger partial charge in [-0.2, -0.15) is 5.26 Å². The van der Waals surface area contributed by atoms with Crippen molar-refractivity contribution in [1.29, 1.82) is 5.26 Å². The van der Waals surface area contributed by atoms with Crippen LogP contribution in [-0.2, 0) is 4.74 Å². The van der Waals surface area contributed by atoms with Crippen LogP contribution >= 0.6 is 0 Å². The lowest BCUT2D eigenvalue weighted by molar-refractivity contribution is 0.267. The Bertz CT molecular complexity index is 133. The predicted octanol–water partition coefficient (Wildman–Crippen LogP) is -0.0713. The lowest BCUT2D eigenvalue weighted by Gasteiger charge is -1.84. The van der Waals surface area contributed by atoms with Crippen molar-refractivity contribution in [2.24, 2.45) is 0 Å². The Morgan fingerprint density at radius 1 is 2.00 bits per heavy atom. The molecule has 0 aromatic carbocycles. The van der Waals surface area contributed by atoms with Gasteiger partial charge in [-0.25, -0.2) is 0 Å². The van der Waals surface area contributed by atoms with E-state index >= 15 is 0 Å². The lowest BCUT2D eigenvalue weighted by Crippen LogP contribution is -2.05. The summed E-state index contributed by atoms with van der Waals surface area (Å²) in [5.41, 5.74) is 0.500. The van der Waals surface area contributed by atoms with Gasteiger partial charge < -0.3 is 10.1 Å². The highest BCUT2D eigenvalue weighted by Gasteiger charge is 1.98. The molecular formula is C4H4N2O. The number of hydrogen-bond acceptors (Lipinski definition) is 3. The molecule has 36 valence electrons. The number of nitrogens with one attached hydrogen (secondary N) is 1. The largest absolute Gasteiger partial charge is 0.478 e. The summed E-state index contributed by atoms with van der Waals surface area (Å²) in [4.78, 5) is 0. The predicted molar refractivity (Wildman–Crippen MR) is 22.8 cm³/mol. The van der Waals surface area contributed by atoms with Crippen LogP contribution < -0.4 is 5.32 Å². The number of nitriles is 1. The van der Waals surface area contributed by atoms with Crippen molar-refractivity contribution in [3.05, 3.63) is 12.0 Å². The molecule has 1 rings (SSSR count). The van der Waals surface area contributed by atoms with Crippen LogP contribution in [0.1, 0.15) is 0 Å². The molecule has 0 atom stereocenters. The Hall–Kier alpha value is -1.17. The van der Waals surface area contributed by atoms with Crippen LogP contribution in [0.2, 0.25) is 0 Å². The molecule has 1 heterocycles. The van der Waals surface area contributed by atoms with Crippen LogP contribution in [0.25, 0.3) is 0 Å². The van der Waals surface area contributed by atoms with E-state index in [1.165, 1.54) is 6.26 Å². The lowest BCUT2D eigenvalue weighted by atomic mass is 10.6. The quantitative estimate of drug-likeness (QED) is 0.459. The SMILES string of the molecule is N#CC1=COCN1. The summed E-state index contributed by atoms with van der Waals surface area (Å²) in [5, 5.41) is 10.8. The van der Waals surface area contributed by atoms with E-state index in [1.807, 2.05) is 6.07 Å². The van der Waals surface area contributed by atoms with Crippen molar-refractivity contribution in [3.8, 4) is 6.07 Å². The fourth-order valence-corrected chi connectivity index (χ4v) is 0.352. The number of hydrogen-bond donors (Lipinski definition) is 1. The van der Waals surface area contributed by atoms with Crippen LogP contribution in [0.5, 0.6) is 0 Å². The number of nitrogens with zero attached hydrogens (tertiary/aromatic N) is 1. The summed E-state index contributed by atoms with van der Waals surface area (Å²) in [6, 6.07) is 1.89. The average Bonchev–Trinajstić information content (AvgIpc) is 2.14. The van der Waals surface area contributed by atoms with E-state index in [-0.39, 0.29) is 0 Å². The van der Waals surface area contributed by atoms with Gasteiger partial charge in [-0.3, -0.25) is 0 Å². The molecule has 0 spiro atoms. The van der Waals surface area contributed by atoms with Crippen molar-refractivity contribution >= 4 is 0 Å². The van der Waals surface area contributed by atoms with Gasteiger partial charge in [0.25, 0.3) is 0 Å². The zero-order valence-corrected chi connectivity index (χ0v) is 3.64. The minimum absolute atomic E-state index is 0.433. The first-order valence-electron chi connectivity index (χ1n) is 1.89. The first-order chi connectivity index (χ1) is 3.43. The van der Waals surface area contributed by atoms with Gasteiger partial charge in [-0.15, -0.1) is 0 Å². The van der Waals surface area contributed by atoms with Gasteiger partial charge in [-0.1, -0.05) is 0 Å². The fourth-order valence-electron chi connectivity index (χ4n) is 0.352. The molecule has 0 saturated carbocycles. The van der Waals surface area contributed by atoms with E-state index in [9.17, 15) is 0 Å². The van der Waals surface area contributed by atoms with Crippen molar-refractivity contribution in [3.63, 3.8) is 0 Å². The van der Waals surface area contributed by atoms with Gasteiger partial charge >= 0.3 is 0 Å². The Morgan fingerprint density at radius 2 is 2.86 bits per heavy atom. The second-order valence-electron chi connectivity index (χ2n) is 1.13. The molecular weight excluding hydrogens is 92.1 g/mol. The molecule has 1 aliphatic heterocycles. The van der Waals surface area contributed by atoms with Gasteiger partial charge in [0.05, 0.1) is 0 Å². The Kier molecular flexibility index (Phi) is 0.868. The molecule has 1 aliphatic rings. The minimum Gasteiger partial charge on any atom is -0.478 e. The van der Waals surface area contributed by atoms with Gasteiger partial charge in [0.15, 0.2) is 12.4 Å². The maximum Gasteiger partial charge on any atom is 0.158 e. The third-order valence-corrected chi connectivity index (χ3v) is 0.668. The summed E-state index contributed by atoms with van der Waals surface area (Å²) < 4.78 is 4.65. The van der Waals surface area contributed by atoms with Crippen LogP contribution in [0.3, 0.4) is 0 Å². The minimum atomic E-state index is 0.433. The molecule has 3 nitrogen and oxygen atoms in total. The van der Waals surface area contributed by atoms with E-state index < -0.39 is 0 Å². The van der Waals surface area contributed by atoms with Gasteiger partial charge in [-0.05, 0) is 0 Å². The van der Waals surface area contributed by atoms with Gasteiger partial charge in [0, 0.05) is 0 Å². The van der Waals surface area contributed by atoms with Crippen molar-refractivity contribution in [1.82, 2.24) is 5.32 Å². The van der Waals surface area contributed by atoms with Crippen molar-refractivity contribution in [2.45, 2.75) is 0 Å². The Morgan fingerprint density at radius 3 is 3.14 bits per heavy atom. The van der Waals surface area contributed by atoms with E-state index in [0.29, 0.717) is 12.4 Å². The molecule has 3 heteroatoms. The van der Waals surface area contributed by atoms with Gasteiger partial charge in [0.1, 0.15) is 12.3 Å². The summed E-state index contributed by atoms with van der Waals surface area (Å²) >= 11 is 0. The Labute approximate surface area is 41.2 Å². The zero-order valence-electron chi connectivity index (χ0n) is 3.64. The highest BCUT2D eigenvalue weighted by Crippen LogP contribution is 1.93. The molecule has 0 saturated heterocycles. The molecule has 0 unspecified atom stereocenters. The second-order valence-corrected chi connectivity index (χ2v) is 1.13. The number of rotatable bonds is 0. The molecule has 0 radical (unpaired) electrons. The fraction of sp³-hybridized carbons (Fsp3) is 0.250. The summed E-state index contributed by atoms with van der Waals surface area (Å²) in [6.45, 7) is 0.433. The van der Waals surface area contributed by atoms with Gasteiger partial charge in [0.2, 0.25) is 0 Å². The molecule has 0 bridgehead atoms. The monoisotopic (exact) mass is 96.0 g/mol. The second kappa shape index (κ2) is 1.52. The van der Waals surface area contributed by atoms with E-state index in [0.717, 1.165) is 0 Å². The van der Waals surface area contributed by atoms with Crippen LogP contribution in [0.4, 0.5) is 0 Å². The molecule has 0 aromatic heterocycles. The van der Waals surface area contributed by atoms with E-state index in [2.05, 4.69) is 10.1 Å². The first kappa shape index (κ1) is 4.00. The highest BCUT2D eigenvalue weighted by atomic mass is 16.5. The Balaban J connectivity index is 2.57. The van der Waals surface area contributed by atoms with E-state index in [4.69, 9.17) is 5.26 Å². The summed E-state index contributed by atoms with van der Waals surface area (Å²) in [6.07, 6.45) is 1.40. The van der Waals surface area contributed by atoms with Crippen molar-refractivity contribution < 1.29 is 4.74 Å². The first-order valence-corrected chi connectivity index (χ1v) is 1.89. The maximum absolute atomic E-state index is 8.11. The standard InChI is InChI=1S/C4H4N2O/c5-1-4-2-7-3-6-4/h2,6H,3H2. The molecule has 1 N–H and O–H groups in total. The highest BCUT2D eigenvalue weighted by molar-refractivity contribution is 5.17. The van der Waals surface area contributed by atoms with Crippen LogP contribution in [-0.4, -0.2) is 6.73 Å². The van der Waals surface area contributed by atoms with Crippen LogP contribution in [0, 0.1) is 11.3 Å². The third-order valence-electron chi connectivity index (χ3n) is 0.668. The molecule has 0 aromatic rings. The maximum atomic E-state index is 8.11. The topological polar surface area (TPSA) is 45.0 Å². The average molecular weight is 96.1 g/mol. The smallest absolute Gasteiger partial charge is 0.158 e. The third kappa shape index (κ3) is 0.631. The summed E-state index contributed by atoms with van der Waals surface area (Å²) in [7, 11) is 0. The normalized spacial score (nSPS) is 16.1. The number of ether oxygens (including phenoxy) is 1. The molecule has 0 fully saturated rings. The number of allylic oxidation sites excluding steroid dienone is 1. The molecule has 0 aliphatic carbocycles. The van der Waals surface area contributed by atoms with E-state index in [1.54, 1.807) is 0 Å². The molecule has 0 amide bonds. The zero-order chi connectivity index (χ0) is 5.11.